The second kappa shape index (κ2) is 5.09. The standard InChI is InChI=1S/C12H12N4O4S/c1-21(17,18)16-12-5-4-11(14-15-12)13-8-2-3-9-10(6-8)20-7-19-9/h2-6H,7H2,1H3,(H,13,14)(H,15,16). The number of anilines is 3. The second-order valence-corrected chi connectivity index (χ2v) is 6.12. The van der Waals surface area contributed by atoms with Crippen molar-refractivity contribution in [1.29, 1.82) is 0 Å². The Hall–Kier alpha value is -2.55. The highest BCUT2D eigenvalue weighted by Gasteiger charge is 2.13. The molecule has 1 aliphatic heterocycles. The molecule has 2 N–H and O–H groups in total. The smallest absolute Gasteiger partial charge is 0.231 e. The Morgan fingerprint density at radius 3 is 2.48 bits per heavy atom. The molecule has 9 heteroatoms. The fourth-order valence-electron chi connectivity index (χ4n) is 1.77. The molecule has 1 aromatic heterocycles. The van der Waals surface area contributed by atoms with Crippen LogP contribution in [-0.2, 0) is 10.0 Å². The molecular weight excluding hydrogens is 296 g/mol. The van der Waals surface area contributed by atoms with Crippen molar-refractivity contribution in [2.24, 2.45) is 0 Å². The number of nitrogens with zero attached hydrogens (tertiary/aromatic N) is 2. The Balaban J connectivity index is 1.73. The number of aromatic nitrogens is 2. The molecule has 1 aromatic carbocycles. The lowest BCUT2D eigenvalue weighted by Crippen LogP contribution is -2.11. The van der Waals surface area contributed by atoms with Gasteiger partial charge in [-0.1, -0.05) is 0 Å². The first kappa shape index (κ1) is 13.4. The van der Waals surface area contributed by atoms with Crippen molar-refractivity contribution in [3.63, 3.8) is 0 Å². The lowest BCUT2D eigenvalue weighted by atomic mass is 10.3. The second-order valence-electron chi connectivity index (χ2n) is 4.37. The largest absolute Gasteiger partial charge is 0.454 e. The summed E-state index contributed by atoms with van der Waals surface area (Å²) < 4.78 is 34.9. The van der Waals surface area contributed by atoms with Crippen LogP contribution in [0.1, 0.15) is 0 Å². The van der Waals surface area contributed by atoms with Crippen LogP contribution in [0.2, 0.25) is 0 Å². The number of benzene rings is 1. The van der Waals surface area contributed by atoms with E-state index in [0.717, 1.165) is 11.9 Å². The van der Waals surface area contributed by atoms with Crippen molar-refractivity contribution in [3.8, 4) is 11.5 Å². The first-order chi connectivity index (χ1) is 9.99. The Morgan fingerprint density at radius 2 is 1.76 bits per heavy atom. The minimum atomic E-state index is -3.36. The SMILES string of the molecule is CS(=O)(=O)Nc1ccc(Nc2ccc3c(c2)OCO3)nn1. The van der Waals surface area contributed by atoms with Gasteiger partial charge in [-0.3, -0.25) is 4.72 Å². The third-order valence-corrected chi connectivity index (χ3v) is 3.18. The molecule has 0 saturated carbocycles. The van der Waals surface area contributed by atoms with Gasteiger partial charge in [0, 0.05) is 11.8 Å². The average molecular weight is 308 g/mol. The van der Waals surface area contributed by atoms with Gasteiger partial charge in [0.05, 0.1) is 6.26 Å². The summed E-state index contributed by atoms with van der Waals surface area (Å²) in [7, 11) is -3.36. The zero-order chi connectivity index (χ0) is 14.9. The van der Waals surface area contributed by atoms with Crippen LogP contribution < -0.4 is 19.5 Å². The summed E-state index contributed by atoms with van der Waals surface area (Å²) in [5.41, 5.74) is 0.761. The number of hydrogen-bond acceptors (Lipinski definition) is 7. The quantitative estimate of drug-likeness (QED) is 0.878. The van der Waals surface area contributed by atoms with Crippen molar-refractivity contribution in [3.05, 3.63) is 30.3 Å². The molecule has 3 rings (SSSR count). The van der Waals surface area contributed by atoms with Gasteiger partial charge in [0.25, 0.3) is 0 Å². The van der Waals surface area contributed by atoms with Crippen LogP contribution in [0.15, 0.2) is 30.3 Å². The highest BCUT2D eigenvalue weighted by atomic mass is 32.2. The predicted molar refractivity (Wildman–Crippen MR) is 76.3 cm³/mol. The van der Waals surface area contributed by atoms with Crippen LogP contribution in [0.25, 0.3) is 0 Å². The predicted octanol–water partition coefficient (Wildman–Crippen LogP) is 1.32. The summed E-state index contributed by atoms with van der Waals surface area (Å²) in [5, 5.41) is 10.7. The van der Waals surface area contributed by atoms with Gasteiger partial charge in [-0.25, -0.2) is 8.42 Å². The maximum atomic E-state index is 11.1. The molecule has 8 nitrogen and oxygen atoms in total. The van der Waals surface area contributed by atoms with Gasteiger partial charge in [0.2, 0.25) is 16.8 Å². The molecule has 0 radical (unpaired) electrons. The van der Waals surface area contributed by atoms with Crippen LogP contribution in [-0.4, -0.2) is 31.7 Å². The van der Waals surface area contributed by atoms with Crippen molar-refractivity contribution in [2.75, 3.05) is 23.1 Å². The van der Waals surface area contributed by atoms with Gasteiger partial charge in [0.1, 0.15) is 0 Å². The Morgan fingerprint density at radius 1 is 1.05 bits per heavy atom. The number of nitrogens with one attached hydrogen (secondary N) is 2. The normalized spacial score (nSPS) is 13.0. The first-order valence-electron chi connectivity index (χ1n) is 5.98. The van der Waals surface area contributed by atoms with Crippen LogP contribution in [0.4, 0.5) is 17.3 Å². The van der Waals surface area contributed by atoms with Crippen molar-refractivity contribution >= 4 is 27.3 Å². The van der Waals surface area contributed by atoms with Crippen LogP contribution in [0.5, 0.6) is 11.5 Å². The van der Waals surface area contributed by atoms with E-state index in [0.29, 0.717) is 17.3 Å². The van der Waals surface area contributed by atoms with Crippen molar-refractivity contribution in [2.45, 2.75) is 0 Å². The fraction of sp³-hybridized carbons (Fsp3) is 0.167. The molecule has 110 valence electrons. The molecule has 2 aromatic rings. The van der Waals surface area contributed by atoms with Gasteiger partial charge in [-0.05, 0) is 24.3 Å². The topological polar surface area (TPSA) is 102 Å². The average Bonchev–Trinajstić information content (AvgIpc) is 2.87. The van der Waals surface area contributed by atoms with E-state index in [1.165, 1.54) is 6.07 Å². The Bertz CT molecular complexity index is 761. The molecule has 0 fully saturated rings. The van der Waals surface area contributed by atoms with E-state index in [4.69, 9.17) is 9.47 Å². The fourth-order valence-corrected chi connectivity index (χ4v) is 2.25. The summed E-state index contributed by atoms with van der Waals surface area (Å²) >= 11 is 0. The van der Waals surface area contributed by atoms with Crippen molar-refractivity contribution < 1.29 is 17.9 Å². The van der Waals surface area contributed by atoms with Gasteiger partial charge in [0.15, 0.2) is 23.1 Å². The van der Waals surface area contributed by atoms with E-state index in [1.54, 1.807) is 18.2 Å². The molecule has 0 unspecified atom stereocenters. The molecule has 0 spiro atoms. The maximum Gasteiger partial charge on any atom is 0.231 e. The van der Waals surface area contributed by atoms with E-state index in [-0.39, 0.29) is 12.6 Å². The maximum absolute atomic E-state index is 11.1. The highest BCUT2D eigenvalue weighted by Crippen LogP contribution is 2.34. The molecule has 0 bridgehead atoms. The number of sulfonamides is 1. The zero-order valence-corrected chi connectivity index (χ0v) is 11.8. The van der Waals surface area contributed by atoms with E-state index in [9.17, 15) is 8.42 Å². The third-order valence-electron chi connectivity index (χ3n) is 2.60. The third kappa shape index (κ3) is 3.31. The lowest BCUT2D eigenvalue weighted by molar-refractivity contribution is 0.174. The number of fused-ring (bicyclic) bond motifs is 1. The number of ether oxygens (including phenoxy) is 2. The monoisotopic (exact) mass is 308 g/mol. The molecule has 0 atom stereocenters. The van der Waals surface area contributed by atoms with Gasteiger partial charge in [-0.15, -0.1) is 10.2 Å². The van der Waals surface area contributed by atoms with E-state index < -0.39 is 10.0 Å². The van der Waals surface area contributed by atoms with E-state index in [1.807, 2.05) is 6.07 Å². The van der Waals surface area contributed by atoms with E-state index >= 15 is 0 Å². The summed E-state index contributed by atoms with van der Waals surface area (Å²) in [6.45, 7) is 0.213. The number of hydrogen-bond donors (Lipinski definition) is 2. The van der Waals surface area contributed by atoms with Crippen LogP contribution in [0, 0.1) is 0 Å². The molecule has 2 heterocycles. The van der Waals surface area contributed by atoms with Crippen molar-refractivity contribution in [1.82, 2.24) is 10.2 Å². The first-order valence-corrected chi connectivity index (χ1v) is 7.87. The van der Waals surface area contributed by atoms with Crippen LogP contribution >= 0.6 is 0 Å². The minimum absolute atomic E-state index is 0.161. The van der Waals surface area contributed by atoms with Gasteiger partial charge in [-0.2, -0.15) is 0 Å². The van der Waals surface area contributed by atoms with Gasteiger partial charge < -0.3 is 14.8 Å². The molecular formula is C12H12N4O4S. The Kier molecular flexibility index (Phi) is 3.26. The molecule has 21 heavy (non-hydrogen) atoms. The highest BCUT2D eigenvalue weighted by molar-refractivity contribution is 7.92. The summed E-state index contributed by atoms with van der Waals surface area (Å²) in [5.74, 6) is 1.99. The molecule has 0 aliphatic carbocycles. The molecule has 0 saturated heterocycles. The number of rotatable bonds is 4. The van der Waals surface area contributed by atoms with Gasteiger partial charge >= 0.3 is 0 Å². The summed E-state index contributed by atoms with van der Waals surface area (Å²) in [6.07, 6.45) is 1.05. The minimum Gasteiger partial charge on any atom is -0.454 e. The molecule has 1 aliphatic rings. The zero-order valence-electron chi connectivity index (χ0n) is 11.0. The van der Waals surface area contributed by atoms with Crippen LogP contribution in [0.3, 0.4) is 0 Å². The molecule has 0 amide bonds. The summed E-state index contributed by atoms with van der Waals surface area (Å²) in [4.78, 5) is 0. The van der Waals surface area contributed by atoms with E-state index in [2.05, 4.69) is 20.2 Å². The lowest BCUT2D eigenvalue weighted by Gasteiger charge is -2.07. The summed E-state index contributed by atoms with van der Waals surface area (Å²) in [6, 6.07) is 8.52. The Labute approximate surface area is 121 Å².